The average Bonchev–Trinajstić information content (AvgIpc) is 2.81. The Morgan fingerprint density at radius 2 is 2.24 bits per heavy atom. The Morgan fingerprint density at radius 1 is 1.48 bits per heavy atom. The predicted octanol–water partition coefficient (Wildman–Crippen LogP) is 0.613. The van der Waals surface area contributed by atoms with Crippen molar-refractivity contribution in [3.05, 3.63) is 35.1 Å². The molecule has 1 aromatic carbocycles. The van der Waals surface area contributed by atoms with Gasteiger partial charge in [0.05, 0.1) is 5.02 Å². The zero-order chi connectivity index (χ0) is 15.5. The molecule has 2 rings (SSSR count). The fourth-order valence-corrected chi connectivity index (χ4v) is 3.09. The molecule has 2 aromatic rings. The van der Waals surface area contributed by atoms with Gasteiger partial charge < -0.3 is 5.11 Å². The highest BCUT2D eigenvalue weighted by Gasteiger charge is 2.20. The number of rotatable bonds is 3. The van der Waals surface area contributed by atoms with Crippen LogP contribution < -0.4 is 4.72 Å². The first-order chi connectivity index (χ1) is 9.94. The Morgan fingerprint density at radius 3 is 2.81 bits per heavy atom. The van der Waals surface area contributed by atoms with E-state index >= 15 is 0 Å². The molecule has 0 aliphatic rings. The molecule has 1 aromatic heterocycles. The van der Waals surface area contributed by atoms with Crippen LogP contribution in [-0.4, -0.2) is 34.9 Å². The summed E-state index contributed by atoms with van der Waals surface area (Å²) in [7, 11) is -2.32. The predicted molar refractivity (Wildman–Crippen MR) is 77.2 cm³/mol. The lowest BCUT2D eigenvalue weighted by Gasteiger charge is -2.08. The SMILES string of the molecule is Cn1ncnc1NS(=O)(=O)c1ccc(C#CCO)cc1Cl. The summed E-state index contributed by atoms with van der Waals surface area (Å²) in [5.74, 6) is 5.18. The van der Waals surface area contributed by atoms with Gasteiger partial charge in [0, 0.05) is 12.6 Å². The Hall–Kier alpha value is -2.08. The van der Waals surface area contributed by atoms with Crippen LogP contribution in [0.25, 0.3) is 0 Å². The van der Waals surface area contributed by atoms with Crippen molar-refractivity contribution in [3.8, 4) is 11.8 Å². The first-order valence-corrected chi connectivity index (χ1v) is 7.56. The van der Waals surface area contributed by atoms with Gasteiger partial charge in [0.25, 0.3) is 10.0 Å². The molecule has 0 radical (unpaired) electrons. The van der Waals surface area contributed by atoms with Crippen LogP contribution in [0.2, 0.25) is 5.02 Å². The molecule has 0 amide bonds. The highest BCUT2D eigenvalue weighted by Crippen LogP contribution is 2.24. The summed E-state index contributed by atoms with van der Waals surface area (Å²) in [4.78, 5) is 3.69. The molecule has 9 heteroatoms. The van der Waals surface area contributed by atoms with Gasteiger partial charge in [0.2, 0.25) is 5.95 Å². The lowest BCUT2D eigenvalue weighted by Crippen LogP contribution is -2.16. The van der Waals surface area contributed by atoms with E-state index in [0.717, 1.165) is 0 Å². The molecule has 0 aliphatic carbocycles. The van der Waals surface area contributed by atoms with Crippen LogP contribution >= 0.6 is 11.6 Å². The van der Waals surface area contributed by atoms with Crippen LogP contribution in [0.3, 0.4) is 0 Å². The first kappa shape index (κ1) is 15.3. The summed E-state index contributed by atoms with van der Waals surface area (Å²) in [6.45, 7) is -0.286. The second-order valence-electron chi connectivity index (χ2n) is 3.92. The zero-order valence-corrected chi connectivity index (χ0v) is 12.5. The van der Waals surface area contributed by atoms with Crippen LogP contribution in [0.5, 0.6) is 0 Å². The maximum atomic E-state index is 12.2. The summed E-state index contributed by atoms with van der Waals surface area (Å²) in [5, 5.41) is 12.4. The van der Waals surface area contributed by atoms with E-state index in [-0.39, 0.29) is 22.5 Å². The molecular formula is C12H11ClN4O3S. The number of halogens is 1. The lowest BCUT2D eigenvalue weighted by atomic mass is 10.2. The van der Waals surface area contributed by atoms with E-state index in [1.807, 2.05) is 0 Å². The highest BCUT2D eigenvalue weighted by molar-refractivity contribution is 7.92. The molecule has 2 N–H and O–H groups in total. The number of nitrogens with one attached hydrogen (secondary N) is 1. The Bertz CT molecular complexity index is 821. The van der Waals surface area contributed by atoms with Crippen LogP contribution in [0.4, 0.5) is 5.95 Å². The van der Waals surface area contributed by atoms with Gasteiger partial charge in [-0.25, -0.2) is 17.8 Å². The van der Waals surface area contributed by atoms with Gasteiger partial charge in [-0.15, -0.1) is 0 Å². The highest BCUT2D eigenvalue weighted by atomic mass is 35.5. The minimum atomic E-state index is -3.88. The minimum absolute atomic E-state index is 0.0226. The third kappa shape index (κ3) is 3.52. The fourth-order valence-electron chi connectivity index (χ4n) is 1.50. The van der Waals surface area contributed by atoms with E-state index in [9.17, 15) is 8.42 Å². The number of benzene rings is 1. The van der Waals surface area contributed by atoms with Gasteiger partial charge in [-0.3, -0.25) is 0 Å². The van der Waals surface area contributed by atoms with Crippen molar-refractivity contribution in [2.24, 2.45) is 7.05 Å². The third-order valence-electron chi connectivity index (χ3n) is 2.47. The summed E-state index contributed by atoms with van der Waals surface area (Å²) < 4.78 is 28.1. The number of hydrogen-bond acceptors (Lipinski definition) is 5. The second-order valence-corrected chi connectivity index (χ2v) is 5.98. The lowest BCUT2D eigenvalue weighted by molar-refractivity contribution is 0.350. The average molecular weight is 327 g/mol. The summed E-state index contributed by atoms with van der Waals surface area (Å²) in [6.07, 6.45) is 1.23. The van der Waals surface area contributed by atoms with Crippen molar-refractivity contribution in [3.63, 3.8) is 0 Å². The Labute approximate surface area is 126 Å². The number of hydrogen-bond donors (Lipinski definition) is 2. The second kappa shape index (κ2) is 6.13. The monoisotopic (exact) mass is 326 g/mol. The number of aryl methyl sites for hydroxylation is 1. The smallest absolute Gasteiger partial charge is 0.265 e. The topological polar surface area (TPSA) is 97.1 Å². The third-order valence-corrected chi connectivity index (χ3v) is 4.28. The molecule has 7 nitrogen and oxygen atoms in total. The molecule has 0 spiro atoms. The molecule has 0 fully saturated rings. The largest absolute Gasteiger partial charge is 0.384 e. The van der Waals surface area contributed by atoms with E-state index in [0.29, 0.717) is 5.56 Å². The summed E-state index contributed by atoms with van der Waals surface area (Å²) in [6, 6.07) is 4.25. The van der Waals surface area contributed by atoms with Gasteiger partial charge in [-0.1, -0.05) is 23.4 Å². The molecule has 0 saturated heterocycles. The van der Waals surface area contributed by atoms with Crippen LogP contribution in [-0.2, 0) is 17.1 Å². The van der Waals surface area contributed by atoms with Gasteiger partial charge in [-0.2, -0.15) is 10.1 Å². The van der Waals surface area contributed by atoms with Crippen molar-refractivity contribution in [2.75, 3.05) is 11.3 Å². The van der Waals surface area contributed by atoms with Crippen LogP contribution in [0.15, 0.2) is 29.4 Å². The van der Waals surface area contributed by atoms with E-state index in [2.05, 4.69) is 26.6 Å². The molecule has 0 bridgehead atoms. The fraction of sp³-hybridized carbons (Fsp3) is 0.167. The van der Waals surface area contributed by atoms with Crippen molar-refractivity contribution < 1.29 is 13.5 Å². The molecule has 0 unspecified atom stereocenters. The number of sulfonamides is 1. The number of aliphatic hydroxyl groups excluding tert-OH is 1. The van der Waals surface area contributed by atoms with Crippen LogP contribution in [0.1, 0.15) is 5.56 Å². The quantitative estimate of drug-likeness (QED) is 0.806. The summed E-state index contributed by atoms with van der Waals surface area (Å²) in [5.41, 5.74) is 0.506. The number of anilines is 1. The van der Waals surface area contributed by atoms with Gasteiger partial charge in [-0.05, 0) is 18.2 Å². The Kier molecular flexibility index (Phi) is 4.47. The van der Waals surface area contributed by atoms with Gasteiger partial charge in [0.15, 0.2) is 0 Å². The van der Waals surface area contributed by atoms with Crippen LogP contribution in [0, 0.1) is 11.8 Å². The zero-order valence-electron chi connectivity index (χ0n) is 10.9. The summed E-state index contributed by atoms with van der Waals surface area (Å²) >= 11 is 5.98. The van der Waals surface area contributed by atoms with Crippen molar-refractivity contribution in [1.29, 1.82) is 0 Å². The van der Waals surface area contributed by atoms with Crippen molar-refractivity contribution >= 4 is 27.6 Å². The molecule has 0 saturated carbocycles. The van der Waals surface area contributed by atoms with E-state index < -0.39 is 10.0 Å². The Balaban J connectivity index is 2.34. The number of aromatic nitrogens is 3. The maximum absolute atomic E-state index is 12.2. The molecule has 21 heavy (non-hydrogen) atoms. The van der Waals surface area contributed by atoms with Gasteiger partial charge in [0.1, 0.15) is 17.8 Å². The maximum Gasteiger partial charge on any atom is 0.265 e. The van der Waals surface area contributed by atoms with Gasteiger partial charge >= 0.3 is 0 Å². The molecule has 110 valence electrons. The number of aliphatic hydroxyl groups is 1. The van der Waals surface area contributed by atoms with E-state index in [1.165, 1.54) is 29.2 Å². The first-order valence-electron chi connectivity index (χ1n) is 5.70. The van der Waals surface area contributed by atoms with E-state index in [4.69, 9.17) is 16.7 Å². The van der Waals surface area contributed by atoms with E-state index in [1.54, 1.807) is 7.05 Å². The van der Waals surface area contributed by atoms with Crippen molar-refractivity contribution in [1.82, 2.24) is 14.8 Å². The normalized spacial score (nSPS) is 10.8. The standard InChI is InChI=1S/C12H11ClN4O3S/c1-17-12(14-8-15-17)16-21(19,20)11-5-4-9(3-2-6-18)7-10(11)13/h4-5,7-8,18H,6H2,1H3,(H,14,15,16). The molecule has 1 heterocycles. The molecule has 0 aliphatic heterocycles. The van der Waals surface area contributed by atoms with Crippen molar-refractivity contribution in [2.45, 2.75) is 4.90 Å². The minimum Gasteiger partial charge on any atom is -0.384 e. The molecule has 0 atom stereocenters. The molecular weight excluding hydrogens is 316 g/mol. The number of nitrogens with zero attached hydrogens (tertiary/aromatic N) is 3.